The highest BCUT2D eigenvalue weighted by molar-refractivity contribution is 5.86. The van der Waals surface area contributed by atoms with Crippen LogP contribution in [-0.2, 0) is 13.0 Å². The molecule has 4 nitrogen and oxygen atoms in total. The number of hydrogen-bond acceptors (Lipinski definition) is 4. The van der Waals surface area contributed by atoms with Crippen LogP contribution >= 0.6 is 0 Å². The summed E-state index contributed by atoms with van der Waals surface area (Å²) < 4.78 is 11.7. The van der Waals surface area contributed by atoms with Gasteiger partial charge in [-0.3, -0.25) is 0 Å². The van der Waals surface area contributed by atoms with Crippen molar-refractivity contribution in [3.05, 3.63) is 68.6 Å². The molecule has 1 aromatic heterocycles. The minimum absolute atomic E-state index is 0.290. The van der Waals surface area contributed by atoms with E-state index >= 15 is 0 Å². The zero-order valence-corrected chi connectivity index (χ0v) is 16.4. The van der Waals surface area contributed by atoms with Crippen molar-refractivity contribution in [2.75, 3.05) is 11.6 Å². The summed E-state index contributed by atoms with van der Waals surface area (Å²) in [7, 11) is 0. The predicted molar refractivity (Wildman–Crippen MR) is 109 cm³/mol. The van der Waals surface area contributed by atoms with E-state index in [1.807, 2.05) is 6.92 Å². The number of rotatable bonds is 3. The number of anilines is 1. The molecule has 2 heterocycles. The number of aryl methyl sites for hydroxylation is 4. The third-order valence-corrected chi connectivity index (χ3v) is 5.31. The second kappa shape index (κ2) is 6.76. The molecule has 0 N–H and O–H groups in total. The van der Waals surface area contributed by atoms with Crippen molar-refractivity contribution in [3.8, 4) is 5.75 Å². The lowest BCUT2D eigenvalue weighted by atomic mass is 9.98. The van der Waals surface area contributed by atoms with E-state index < -0.39 is 0 Å². The lowest BCUT2D eigenvalue weighted by molar-refractivity contribution is 0.287. The first-order valence-corrected chi connectivity index (χ1v) is 9.52. The highest BCUT2D eigenvalue weighted by atomic mass is 16.5. The van der Waals surface area contributed by atoms with Crippen LogP contribution in [-0.4, -0.2) is 6.73 Å². The SMILES string of the molecule is CCCc1cc(=O)oc2c(C)c3c(cc12)CN(c1ccc(C)cc1C)CO3. The molecule has 4 heteroatoms. The van der Waals surface area contributed by atoms with Gasteiger partial charge in [-0.1, -0.05) is 31.0 Å². The third kappa shape index (κ3) is 3.09. The smallest absolute Gasteiger partial charge is 0.336 e. The monoisotopic (exact) mass is 363 g/mol. The van der Waals surface area contributed by atoms with Crippen LogP contribution in [0.1, 0.15) is 41.2 Å². The number of nitrogens with zero attached hydrogens (tertiary/aromatic N) is 1. The molecule has 27 heavy (non-hydrogen) atoms. The molecule has 1 aliphatic heterocycles. The summed E-state index contributed by atoms with van der Waals surface area (Å²) in [6.07, 6.45) is 1.85. The molecule has 4 rings (SSSR count). The molecule has 140 valence electrons. The lowest BCUT2D eigenvalue weighted by Crippen LogP contribution is -2.32. The van der Waals surface area contributed by atoms with Crippen molar-refractivity contribution in [1.29, 1.82) is 0 Å². The standard InChI is InChI=1S/C23H25NO3/c1-5-6-17-11-21(25)27-23-16(4)22-18(10-19(17)23)12-24(13-26-22)20-8-7-14(2)9-15(20)3/h7-11H,5-6,12-13H2,1-4H3. The van der Waals surface area contributed by atoms with Crippen molar-refractivity contribution >= 4 is 16.7 Å². The molecule has 0 saturated heterocycles. The Morgan fingerprint density at radius 2 is 1.93 bits per heavy atom. The van der Waals surface area contributed by atoms with Crippen molar-refractivity contribution < 1.29 is 9.15 Å². The topological polar surface area (TPSA) is 42.7 Å². The van der Waals surface area contributed by atoms with Gasteiger partial charge in [-0.2, -0.15) is 0 Å². The summed E-state index contributed by atoms with van der Waals surface area (Å²) in [5.41, 5.74) is 7.17. The van der Waals surface area contributed by atoms with Crippen molar-refractivity contribution in [2.45, 2.75) is 47.1 Å². The average molecular weight is 363 g/mol. The van der Waals surface area contributed by atoms with E-state index in [1.54, 1.807) is 6.07 Å². The Morgan fingerprint density at radius 1 is 1.11 bits per heavy atom. The second-order valence-corrected chi connectivity index (χ2v) is 7.47. The average Bonchev–Trinajstić information content (AvgIpc) is 2.63. The fourth-order valence-electron chi connectivity index (χ4n) is 4.07. The molecule has 0 spiro atoms. The molecule has 0 saturated carbocycles. The second-order valence-electron chi connectivity index (χ2n) is 7.47. The molecule has 0 radical (unpaired) electrons. The normalized spacial score (nSPS) is 13.6. The van der Waals surface area contributed by atoms with Crippen molar-refractivity contribution in [2.24, 2.45) is 0 Å². The van der Waals surface area contributed by atoms with Crippen molar-refractivity contribution in [3.63, 3.8) is 0 Å². The van der Waals surface area contributed by atoms with Gasteiger partial charge in [-0.25, -0.2) is 4.79 Å². The number of fused-ring (bicyclic) bond motifs is 2. The minimum Gasteiger partial charge on any atom is -0.472 e. The molecule has 0 atom stereocenters. The largest absolute Gasteiger partial charge is 0.472 e. The maximum atomic E-state index is 12.0. The Labute approximate surface area is 159 Å². The van der Waals surface area contributed by atoms with E-state index in [2.05, 4.69) is 49.9 Å². The van der Waals surface area contributed by atoms with Crippen LogP contribution < -0.4 is 15.3 Å². The number of benzene rings is 2. The molecule has 1 aliphatic rings. The highest BCUT2D eigenvalue weighted by Gasteiger charge is 2.24. The maximum Gasteiger partial charge on any atom is 0.336 e. The molecule has 2 aromatic carbocycles. The number of ether oxygens (including phenoxy) is 1. The zero-order valence-electron chi connectivity index (χ0n) is 16.4. The van der Waals surface area contributed by atoms with Gasteiger partial charge in [0.25, 0.3) is 0 Å². The van der Waals surface area contributed by atoms with E-state index in [9.17, 15) is 4.79 Å². The molecule has 0 bridgehead atoms. The maximum absolute atomic E-state index is 12.0. The summed E-state index contributed by atoms with van der Waals surface area (Å²) in [4.78, 5) is 14.2. The predicted octanol–water partition coefficient (Wildman–Crippen LogP) is 5.03. The van der Waals surface area contributed by atoms with E-state index in [-0.39, 0.29) is 5.63 Å². The first kappa shape index (κ1) is 17.7. The van der Waals surface area contributed by atoms with E-state index in [0.29, 0.717) is 12.3 Å². The van der Waals surface area contributed by atoms with Crippen LogP contribution in [0.4, 0.5) is 5.69 Å². The zero-order chi connectivity index (χ0) is 19.1. The van der Waals surface area contributed by atoms with Gasteiger partial charge in [0.1, 0.15) is 11.3 Å². The molecule has 0 unspecified atom stereocenters. The Morgan fingerprint density at radius 3 is 2.67 bits per heavy atom. The molecular formula is C23H25NO3. The van der Waals surface area contributed by atoms with Crippen molar-refractivity contribution in [1.82, 2.24) is 0 Å². The minimum atomic E-state index is -0.290. The summed E-state index contributed by atoms with van der Waals surface area (Å²) in [5.74, 6) is 0.848. The van der Waals surface area contributed by atoms with Crippen LogP contribution in [0, 0.1) is 20.8 Å². The molecule has 3 aromatic rings. The fraction of sp³-hybridized carbons (Fsp3) is 0.348. The Bertz CT molecular complexity index is 1080. The molecular weight excluding hydrogens is 338 g/mol. The van der Waals surface area contributed by atoms with Crippen LogP contribution in [0.2, 0.25) is 0 Å². The van der Waals surface area contributed by atoms with Gasteiger partial charge in [0, 0.05) is 34.8 Å². The quantitative estimate of drug-likeness (QED) is 0.612. The van der Waals surface area contributed by atoms with Crippen LogP contribution in [0.3, 0.4) is 0 Å². The Kier molecular flexibility index (Phi) is 4.42. The van der Waals surface area contributed by atoms with Gasteiger partial charge in [0.15, 0.2) is 6.73 Å². The third-order valence-electron chi connectivity index (χ3n) is 5.31. The lowest BCUT2D eigenvalue weighted by Gasteiger charge is -2.33. The first-order chi connectivity index (χ1) is 13.0. The van der Waals surface area contributed by atoms with E-state index in [1.165, 1.54) is 16.8 Å². The molecule has 0 aliphatic carbocycles. The fourth-order valence-corrected chi connectivity index (χ4v) is 4.07. The Balaban J connectivity index is 1.82. The molecule has 0 amide bonds. The van der Waals surface area contributed by atoms with Gasteiger partial charge in [-0.15, -0.1) is 0 Å². The van der Waals surface area contributed by atoms with E-state index in [0.717, 1.165) is 47.2 Å². The highest BCUT2D eigenvalue weighted by Crippen LogP contribution is 2.37. The van der Waals surface area contributed by atoms with Crippen LogP contribution in [0.25, 0.3) is 11.0 Å². The van der Waals surface area contributed by atoms with Gasteiger partial charge in [0.05, 0.1) is 0 Å². The van der Waals surface area contributed by atoms with Gasteiger partial charge in [-0.05, 0) is 50.5 Å². The van der Waals surface area contributed by atoms with Gasteiger partial charge < -0.3 is 14.1 Å². The summed E-state index contributed by atoms with van der Waals surface area (Å²) in [5, 5.41) is 1.03. The summed E-state index contributed by atoms with van der Waals surface area (Å²) >= 11 is 0. The summed E-state index contributed by atoms with van der Waals surface area (Å²) in [6.45, 7) is 9.61. The molecule has 0 fully saturated rings. The van der Waals surface area contributed by atoms with Crippen LogP contribution in [0.15, 0.2) is 39.5 Å². The van der Waals surface area contributed by atoms with Gasteiger partial charge >= 0.3 is 5.63 Å². The number of hydrogen-bond donors (Lipinski definition) is 0. The Hall–Kier alpha value is -2.75. The van der Waals surface area contributed by atoms with E-state index in [4.69, 9.17) is 9.15 Å². The van der Waals surface area contributed by atoms with Gasteiger partial charge in [0.2, 0.25) is 0 Å². The van der Waals surface area contributed by atoms with Crippen LogP contribution in [0.5, 0.6) is 5.75 Å². The summed E-state index contributed by atoms with van der Waals surface area (Å²) in [6, 6.07) is 10.3. The first-order valence-electron chi connectivity index (χ1n) is 9.52.